The molecule has 15 heavy (non-hydrogen) atoms. The van der Waals surface area contributed by atoms with E-state index in [0.29, 0.717) is 31.9 Å². The van der Waals surface area contributed by atoms with Crippen molar-refractivity contribution in [1.82, 2.24) is 5.32 Å². The molecule has 4 nitrogen and oxygen atoms in total. The van der Waals surface area contributed by atoms with Gasteiger partial charge in [-0.3, -0.25) is 0 Å². The van der Waals surface area contributed by atoms with Crippen LogP contribution in [-0.2, 0) is 14.2 Å². The molecule has 0 fully saturated rings. The maximum atomic E-state index is 5.41. The number of hydrogen-bond acceptors (Lipinski definition) is 4. The molecule has 0 aromatic heterocycles. The summed E-state index contributed by atoms with van der Waals surface area (Å²) in [7, 11) is 1.68. The zero-order valence-corrected chi connectivity index (χ0v) is 10.4. The average molecular weight is 219 g/mol. The molecule has 0 amide bonds. The standard InChI is InChI=1S/C11H25NO3/c1-5-14-8-10(2)12-11(3)9-15-7-6-13-4/h10-12H,5-9H2,1-4H3. The van der Waals surface area contributed by atoms with E-state index in [1.54, 1.807) is 7.11 Å². The quantitative estimate of drug-likeness (QED) is 0.558. The van der Waals surface area contributed by atoms with E-state index in [2.05, 4.69) is 19.2 Å². The SMILES string of the molecule is CCOCC(C)NC(C)COCCOC. The normalized spacial score (nSPS) is 15.2. The number of ether oxygens (including phenoxy) is 3. The first-order chi connectivity index (χ1) is 7.20. The van der Waals surface area contributed by atoms with Gasteiger partial charge in [0.1, 0.15) is 0 Å². The maximum Gasteiger partial charge on any atom is 0.0701 e. The van der Waals surface area contributed by atoms with Gasteiger partial charge in [-0.1, -0.05) is 0 Å². The largest absolute Gasteiger partial charge is 0.382 e. The lowest BCUT2D eigenvalue weighted by atomic mass is 10.3. The van der Waals surface area contributed by atoms with Gasteiger partial charge in [0.15, 0.2) is 0 Å². The smallest absolute Gasteiger partial charge is 0.0701 e. The van der Waals surface area contributed by atoms with Crippen molar-refractivity contribution in [3.8, 4) is 0 Å². The first-order valence-corrected chi connectivity index (χ1v) is 5.61. The van der Waals surface area contributed by atoms with E-state index >= 15 is 0 Å². The summed E-state index contributed by atoms with van der Waals surface area (Å²) in [6.45, 7) is 9.76. The minimum absolute atomic E-state index is 0.345. The fraction of sp³-hybridized carbons (Fsp3) is 1.00. The van der Waals surface area contributed by atoms with Crippen LogP contribution in [0.1, 0.15) is 20.8 Å². The van der Waals surface area contributed by atoms with E-state index in [-0.39, 0.29) is 0 Å². The van der Waals surface area contributed by atoms with Gasteiger partial charge < -0.3 is 19.5 Å². The summed E-state index contributed by atoms with van der Waals surface area (Å²) in [5, 5.41) is 3.40. The molecule has 0 aliphatic heterocycles. The van der Waals surface area contributed by atoms with Crippen LogP contribution in [0.3, 0.4) is 0 Å². The third kappa shape index (κ3) is 10.1. The fourth-order valence-electron chi connectivity index (χ4n) is 1.28. The Kier molecular flexibility index (Phi) is 10.3. The van der Waals surface area contributed by atoms with E-state index in [9.17, 15) is 0 Å². The Hall–Kier alpha value is -0.160. The summed E-state index contributed by atoms with van der Waals surface area (Å²) in [5.74, 6) is 0. The van der Waals surface area contributed by atoms with Gasteiger partial charge in [-0.25, -0.2) is 0 Å². The summed E-state index contributed by atoms with van der Waals surface area (Å²) >= 11 is 0. The van der Waals surface area contributed by atoms with Crippen molar-refractivity contribution >= 4 is 0 Å². The van der Waals surface area contributed by atoms with E-state index in [0.717, 1.165) is 13.2 Å². The molecule has 0 radical (unpaired) electrons. The molecule has 2 atom stereocenters. The minimum atomic E-state index is 0.345. The predicted octanol–water partition coefficient (Wildman–Crippen LogP) is 1.05. The molecule has 0 aromatic rings. The zero-order chi connectivity index (χ0) is 11.5. The molecular weight excluding hydrogens is 194 g/mol. The Labute approximate surface area is 93.3 Å². The van der Waals surface area contributed by atoms with Crippen molar-refractivity contribution < 1.29 is 14.2 Å². The molecule has 0 saturated carbocycles. The Bertz CT molecular complexity index is 133. The molecule has 0 heterocycles. The summed E-state index contributed by atoms with van der Waals surface area (Å²) < 4.78 is 15.6. The van der Waals surface area contributed by atoms with Crippen molar-refractivity contribution in [2.75, 3.05) is 40.1 Å². The van der Waals surface area contributed by atoms with Crippen LogP contribution in [0.15, 0.2) is 0 Å². The van der Waals surface area contributed by atoms with Crippen molar-refractivity contribution in [3.05, 3.63) is 0 Å². The highest BCUT2D eigenvalue weighted by Gasteiger charge is 2.06. The second kappa shape index (κ2) is 10.4. The highest BCUT2D eigenvalue weighted by molar-refractivity contribution is 4.66. The molecule has 0 rings (SSSR count). The molecular formula is C11H25NO3. The second-order valence-electron chi connectivity index (χ2n) is 3.70. The molecule has 4 heteroatoms. The molecule has 0 aliphatic carbocycles. The summed E-state index contributed by atoms with van der Waals surface area (Å²) in [6.07, 6.45) is 0. The Balaban J connectivity index is 3.33. The first kappa shape index (κ1) is 14.8. The Morgan fingerprint density at radius 1 is 1.00 bits per heavy atom. The number of hydrogen-bond donors (Lipinski definition) is 1. The van der Waals surface area contributed by atoms with Crippen LogP contribution >= 0.6 is 0 Å². The first-order valence-electron chi connectivity index (χ1n) is 5.61. The molecule has 0 aromatic carbocycles. The van der Waals surface area contributed by atoms with Crippen LogP contribution in [0.4, 0.5) is 0 Å². The summed E-state index contributed by atoms with van der Waals surface area (Å²) in [4.78, 5) is 0. The lowest BCUT2D eigenvalue weighted by Gasteiger charge is -2.19. The Morgan fingerprint density at radius 3 is 2.13 bits per heavy atom. The minimum Gasteiger partial charge on any atom is -0.382 e. The topological polar surface area (TPSA) is 39.7 Å². The molecule has 92 valence electrons. The van der Waals surface area contributed by atoms with Crippen LogP contribution in [0.2, 0.25) is 0 Å². The van der Waals surface area contributed by atoms with Gasteiger partial charge in [-0.05, 0) is 20.8 Å². The van der Waals surface area contributed by atoms with E-state index in [1.165, 1.54) is 0 Å². The molecule has 1 N–H and O–H groups in total. The summed E-state index contributed by atoms with van der Waals surface area (Å²) in [6, 6.07) is 0.711. The number of rotatable bonds is 10. The maximum absolute atomic E-state index is 5.41. The van der Waals surface area contributed by atoms with Gasteiger partial charge in [0.05, 0.1) is 26.4 Å². The summed E-state index contributed by atoms with van der Waals surface area (Å²) in [5.41, 5.74) is 0. The highest BCUT2D eigenvalue weighted by Crippen LogP contribution is 1.90. The lowest BCUT2D eigenvalue weighted by molar-refractivity contribution is 0.0556. The average Bonchev–Trinajstić information content (AvgIpc) is 2.21. The monoisotopic (exact) mass is 219 g/mol. The molecule has 0 bridgehead atoms. The number of nitrogens with one attached hydrogen (secondary N) is 1. The Morgan fingerprint density at radius 2 is 1.60 bits per heavy atom. The van der Waals surface area contributed by atoms with E-state index < -0.39 is 0 Å². The third-order valence-corrected chi connectivity index (χ3v) is 1.94. The van der Waals surface area contributed by atoms with Crippen molar-refractivity contribution in [1.29, 1.82) is 0 Å². The van der Waals surface area contributed by atoms with Crippen LogP contribution in [0.25, 0.3) is 0 Å². The highest BCUT2D eigenvalue weighted by atomic mass is 16.5. The molecule has 0 aliphatic rings. The van der Waals surface area contributed by atoms with Crippen molar-refractivity contribution in [3.63, 3.8) is 0 Å². The van der Waals surface area contributed by atoms with E-state index in [4.69, 9.17) is 14.2 Å². The van der Waals surface area contributed by atoms with Gasteiger partial charge in [-0.15, -0.1) is 0 Å². The van der Waals surface area contributed by atoms with Gasteiger partial charge in [-0.2, -0.15) is 0 Å². The van der Waals surface area contributed by atoms with Crippen LogP contribution in [-0.4, -0.2) is 52.2 Å². The second-order valence-corrected chi connectivity index (χ2v) is 3.70. The molecule has 0 spiro atoms. The fourth-order valence-corrected chi connectivity index (χ4v) is 1.28. The number of methoxy groups -OCH3 is 1. The van der Waals surface area contributed by atoms with Crippen LogP contribution < -0.4 is 5.32 Å². The third-order valence-electron chi connectivity index (χ3n) is 1.94. The van der Waals surface area contributed by atoms with Gasteiger partial charge in [0, 0.05) is 25.8 Å². The zero-order valence-electron chi connectivity index (χ0n) is 10.4. The van der Waals surface area contributed by atoms with Gasteiger partial charge in [0.25, 0.3) is 0 Å². The van der Waals surface area contributed by atoms with E-state index in [1.807, 2.05) is 6.92 Å². The van der Waals surface area contributed by atoms with Gasteiger partial charge >= 0.3 is 0 Å². The van der Waals surface area contributed by atoms with Crippen molar-refractivity contribution in [2.24, 2.45) is 0 Å². The molecule has 2 unspecified atom stereocenters. The van der Waals surface area contributed by atoms with Crippen LogP contribution in [0.5, 0.6) is 0 Å². The molecule has 0 saturated heterocycles. The van der Waals surface area contributed by atoms with Crippen LogP contribution in [0, 0.1) is 0 Å². The van der Waals surface area contributed by atoms with Gasteiger partial charge in [0.2, 0.25) is 0 Å². The predicted molar refractivity (Wildman–Crippen MR) is 61.2 cm³/mol. The van der Waals surface area contributed by atoms with Crippen molar-refractivity contribution in [2.45, 2.75) is 32.9 Å². The lowest BCUT2D eigenvalue weighted by Crippen LogP contribution is -2.40.